The molecule has 0 aromatic rings. The molecule has 2 bridgehead atoms. The van der Waals surface area contributed by atoms with E-state index in [9.17, 15) is 103 Å². The van der Waals surface area contributed by atoms with Crippen LogP contribution in [0.1, 0.15) is 51.9 Å². The van der Waals surface area contributed by atoms with Crippen LogP contribution >= 0.6 is 0 Å². The molecule has 3 heterocycles. The van der Waals surface area contributed by atoms with Crippen molar-refractivity contribution >= 4 is 0 Å². The van der Waals surface area contributed by atoms with E-state index in [1.165, 1.54) is 6.92 Å². The standard InChI is InChI=1S/C46H72N18O28/c1-3-5-18-25(65)32(72)44(82)89-23(10-15-57-63-51)30(70)39(84-16-4-2)45(83)92-38-24(17-58-64-52)91-46(37(77)31(38)71)90-22(9-14-56-62-50)29(69)36(76)43(81)88-21(8-13-55-61-49)28(68)35(75)42(80)87-20(7-12-54-60-48)27(67)34(74)41(79)86-19(6-11-53-59-47)26(66)33(73)40(78)85-18/h4,18-24,26,31,33,37-38,40-46,65-83H,2-3,5-17H2,1H3/b32-25-,34-27+,35-28-,36-29-,39-30+. The minimum absolute atomic E-state index is 0.0105. The third-order valence-corrected chi connectivity index (χ3v) is 12.7. The van der Waals surface area contributed by atoms with Crippen molar-refractivity contribution in [2.24, 2.45) is 30.7 Å². The Balaban J connectivity index is 3.12. The molecule has 1 saturated heterocycles. The first-order valence-electron chi connectivity index (χ1n) is 27.0. The Morgan fingerprint density at radius 2 is 0.761 bits per heavy atom. The van der Waals surface area contributed by atoms with Gasteiger partial charge in [0, 0.05) is 62.2 Å². The largest absolute Gasteiger partial charge is 0.506 e. The fourth-order valence-corrected chi connectivity index (χ4v) is 8.13. The maximum atomic E-state index is 11.7. The Kier molecular flexibility index (Phi) is 36.3. The number of aliphatic hydroxyl groups is 19. The average molecular weight is 1330 g/mol. The van der Waals surface area contributed by atoms with Crippen LogP contribution in [-0.4, -0.2) is 260 Å². The number of rotatable bonds is 22. The summed E-state index contributed by atoms with van der Waals surface area (Å²) in [7, 11) is 0. The van der Waals surface area contributed by atoms with Gasteiger partial charge >= 0.3 is 0 Å². The van der Waals surface area contributed by atoms with E-state index in [1.807, 2.05) is 0 Å². The molecule has 0 radical (unpaired) electrons. The summed E-state index contributed by atoms with van der Waals surface area (Å²) in [6, 6.07) is 0. The predicted molar refractivity (Wildman–Crippen MR) is 300 cm³/mol. The molecule has 3 rings (SSSR count). The van der Waals surface area contributed by atoms with E-state index in [-0.39, 0.29) is 6.42 Å². The highest BCUT2D eigenvalue weighted by Gasteiger charge is 2.49. The van der Waals surface area contributed by atoms with Gasteiger partial charge in [0.05, 0.1) is 18.8 Å². The Hall–Kier alpha value is -8.42. The highest BCUT2D eigenvalue weighted by Crippen LogP contribution is 2.33. The molecule has 0 spiro atoms. The van der Waals surface area contributed by atoms with E-state index in [4.69, 9.17) is 70.3 Å². The number of aliphatic hydroxyl groups excluding tert-OH is 19. The number of fused-ring (bicyclic) bond motifs is 27. The maximum absolute atomic E-state index is 11.7. The second-order valence-electron chi connectivity index (χ2n) is 18.9. The van der Waals surface area contributed by atoms with Crippen molar-refractivity contribution in [3.8, 4) is 0 Å². The molecule has 19 unspecified atom stereocenters. The molecule has 19 N–H and O–H groups in total. The van der Waals surface area contributed by atoms with Crippen molar-refractivity contribution in [1.29, 1.82) is 0 Å². The lowest BCUT2D eigenvalue weighted by atomic mass is 9.98. The van der Waals surface area contributed by atoms with Gasteiger partial charge in [0.25, 0.3) is 0 Å². The molecule has 0 amide bonds. The van der Waals surface area contributed by atoms with Crippen LogP contribution in [-0.2, 0) is 42.6 Å². The van der Waals surface area contributed by atoms with Crippen molar-refractivity contribution < 1.29 is 140 Å². The molecule has 0 aromatic heterocycles. The summed E-state index contributed by atoms with van der Waals surface area (Å²) in [5.41, 5.74) is 54.1. The Bertz CT molecular complexity index is 2840. The predicted octanol–water partition coefficient (Wildman–Crippen LogP) is 2.67. The zero-order chi connectivity index (χ0) is 69.2. The van der Waals surface area contributed by atoms with Gasteiger partial charge in [0.15, 0.2) is 70.2 Å². The van der Waals surface area contributed by atoms with Crippen LogP contribution in [0.25, 0.3) is 62.7 Å². The topological polar surface area (TPSA) is 760 Å². The second kappa shape index (κ2) is 41.9. The number of nitrogens with zero attached hydrogens (tertiary/aromatic N) is 18. The fourth-order valence-electron chi connectivity index (χ4n) is 8.13. The van der Waals surface area contributed by atoms with Crippen LogP contribution < -0.4 is 0 Å². The normalized spacial score (nSPS) is 35.7. The molecule has 0 saturated carbocycles. The van der Waals surface area contributed by atoms with E-state index in [2.05, 4.69) is 66.7 Å². The molecular formula is C46H72N18O28. The number of hydrogen-bond donors (Lipinski definition) is 19. The summed E-state index contributed by atoms with van der Waals surface area (Å²) in [4.78, 5) is 15.2. The van der Waals surface area contributed by atoms with E-state index in [1.54, 1.807) is 0 Å². The number of ether oxygens (including phenoxy) is 9. The summed E-state index contributed by atoms with van der Waals surface area (Å²) in [6.07, 6.45) is -49.1. The minimum Gasteiger partial charge on any atom is -0.506 e. The third kappa shape index (κ3) is 24.3. The number of azide groups is 6. The van der Waals surface area contributed by atoms with Gasteiger partial charge in [-0.05, 0) is 71.7 Å². The van der Waals surface area contributed by atoms with Crippen molar-refractivity contribution in [3.05, 3.63) is 133 Å². The lowest BCUT2D eigenvalue weighted by molar-refractivity contribution is -0.324. The van der Waals surface area contributed by atoms with Crippen LogP contribution in [0.15, 0.2) is 101 Å². The van der Waals surface area contributed by atoms with Gasteiger partial charge in [-0.1, -0.05) is 56.7 Å². The smallest absolute Gasteiger partial charge is 0.218 e. The maximum Gasteiger partial charge on any atom is 0.218 e. The highest BCUT2D eigenvalue weighted by molar-refractivity contribution is 5.15. The van der Waals surface area contributed by atoms with Gasteiger partial charge in [0.2, 0.25) is 31.5 Å². The van der Waals surface area contributed by atoms with Crippen LogP contribution in [0.4, 0.5) is 0 Å². The third-order valence-electron chi connectivity index (χ3n) is 12.7. The van der Waals surface area contributed by atoms with Crippen LogP contribution in [0.5, 0.6) is 0 Å². The van der Waals surface area contributed by atoms with Crippen LogP contribution in [0, 0.1) is 0 Å². The van der Waals surface area contributed by atoms with Gasteiger partial charge in [-0.2, -0.15) is 0 Å². The molecule has 0 aromatic carbocycles. The van der Waals surface area contributed by atoms with E-state index < -0.39 is 259 Å². The lowest BCUT2D eigenvalue weighted by Crippen LogP contribution is -2.61. The molecule has 92 heavy (non-hydrogen) atoms. The van der Waals surface area contributed by atoms with Gasteiger partial charge in [0.1, 0.15) is 67.6 Å². The molecule has 19 atom stereocenters. The SMILES string of the molecule is C=CCO/C1=C(/O)C(CCN=[N+]=[N-])OC(O)/C(O)=C(/O)C(CCC)OC(O)C(O)C(O)C(CCN=[N+]=[N-])OC(O)/C(O)=C(\O)C(CCN=[N+]=[N-])OC(O)/C(O)=C(/O)C(CCN=[N+]=[N-])OC(O)/C(O)=C(/O)C(CCN=[N+]=[N-])OC2OC(CN=[N+]=[N-])C(OC1O)C(O)C2O. The zero-order valence-corrected chi connectivity index (χ0v) is 48.4. The van der Waals surface area contributed by atoms with Crippen LogP contribution in [0.3, 0.4) is 0 Å². The van der Waals surface area contributed by atoms with E-state index in [0.717, 1.165) is 6.08 Å². The zero-order valence-electron chi connectivity index (χ0n) is 48.4. The highest BCUT2D eigenvalue weighted by atomic mass is 16.7. The Morgan fingerprint density at radius 3 is 1.15 bits per heavy atom. The van der Waals surface area contributed by atoms with Crippen molar-refractivity contribution in [2.75, 3.05) is 45.9 Å². The summed E-state index contributed by atoms with van der Waals surface area (Å²) >= 11 is 0. The Labute approximate surface area is 517 Å². The van der Waals surface area contributed by atoms with Gasteiger partial charge in [-0.3, -0.25) is 0 Å². The molecule has 46 heteroatoms. The Morgan fingerprint density at radius 1 is 0.391 bits per heavy atom. The summed E-state index contributed by atoms with van der Waals surface area (Å²) in [6.45, 7) is 0.0465. The summed E-state index contributed by atoms with van der Waals surface area (Å²) in [5.74, 6) is -14.9. The second-order valence-corrected chi connectivity index (χ2v) is 18.9. The molecule has 1 fully saturated rings. The van der Waals surface area contributed by atoms with Crippen molar-refractivity contribution in [1.82, 2.24) is 0 Å². The first kappa shape index (κ1) is 79.7. The monoisotopic (exact) mass is 1320 g/mol. The summed E-state index contributed by atoms with van der Waals surface area (Å²) < 4.78 is 48.9. The minimum atomic E-state index is -2.92. The molecule has 3 aliphatic rings. The van der Waals surface area contributed by atoms with Gasteiger partial charge in [-0.15, -0.1) is 0 Å². The molecule has 0 aliphatic carbocycles. The van der Waals surface area contributed by atoms with E-state index >= 15 is 0 Å². The van der Waals surface area contributed by atoms with Crippen molar-refractivity contribution in [3.63, 3.8) is 0 Å². The molecule has 46 nitrogen and oxygen atoms in total. The molecular weight excluding hydrogens is 1250 g/mol. The average Bonchev–Trinajstić information content (AvgIpc) is 0.878. The molecule has 514 valence electrons. The lowest BCUT2D eigenvalue weighted by Gasteiger charge is -2.43. The summed E-state index contributed by atoms with van der Waals surface area (Å²) in [5, 5.41) is 233. The first-order chi connectivity index (χ1) is 43.8. The number of hydrogen-bond acceptors (Lipinski definition) is 34. The first-order valence-corrected chi connectivity index (χ1v) is 27.0. The fraction of sp³-hybridized carbons (Fsp3) is 0.739. The van der Waals surface area contributed by atoms with E-state index in [0.29, 0.717) is 0 Å². The van der Waals surface area contributed by atoms with Gasteiger partial charge in [-0.25, -0.2) is 0 Å². The van der Waals surface area contributed by atoms with Crippen LogP contribution in [0.2, 0.25) is 0 Å². The van der Waals surface area contributed by atoms with Crippen molar-refractivity contribution in [2.45, 2.75) is 169 Å². The van der Waals surface area contributed by atoms with Gasteiger partial charge < -0.3 is 140 Å². The quantitative estimate of drug-likeness (QED) is 0.0321. The molecule has 3 aliphatic heterocycles.